The zero-order valence-electron chi connectivity index (χ0n) is 14.1. The van der Waals surface area contributed by atoms with E-state index in [0.717, 1.165) is 37.4 Å². The standard InChI is InChI=1S/C18H28N4O/c1-14-6-5-11-22(13-14)18(19)21-12-15-7-4-10-20-17(15)23-16-8-2-3-9-16/h4,7,10,14,16H,2-3,5-6,8-9,11-13H2,1H3,(H2,19,21). The molecule has 0 aromatic carbocycles. The van der Waals surface area contributed by atoms with Gasteiger partial charge in [-0.3, -0.25) is 0 Å². The van der Waals surface area contributed by atoms with E-state index in [9.17, 15) is 0 Å². The molecule has 3 rings (SSSR count). The van der Waals surface area contributed by atoms with Crippen molar-refractivity contribution in [2.75, 3.05) is 13.1 Å². The van der Waals surface area contributed by atoms with Crippen molar-refractivity contribution in [3.8, 4) is 5.88 Å². The van der Waals surface area contributed by atoms with Gasteiger partial charge in [0.05, 0.1) is 6.54 Å². The number of pyridine rings is 1. The molecule has 1 atom stereocenters. The fourth-order valence-electron chi connectivity index (χ4n) is 3.48. The Labute approximate surface area is 138 Å². The van der Waals surface area contributed by atoms with Gasteiger partial charge in [0.15, 0.2) is 5.96 Å². The van der Waals surface area contributed by atoms with Crippen molar-refractivity contribution >= 4 is 5.96 Å². The number of rotatable bonds is 4. The Bertz CT molecular complexity index is 540. The second-order valence-electron chi connectivity index (χ2n) is 6.86. The van der Waals surface area contributed by atoms with Crippen molar-refractivity contribution in [2.24, 2.45) is 16.6 Å². The first kappa shape index (κ1) is 16.1. The van der Waals surface area contributed by atoms with Crippen LogP contribution in [0.2, 0.25) is 0 Å². The van der Waals surface area contributed by atoms with Gasteiger partial charge in [-0.1, -0.05) is 13.0 Å². The maximum absolute atomic E-state index is 6.19. The van der Waals surface area contributed by atoms with Gasteiger partial charge in [-0.05, 0) is 50.5 Å². The molecule has 0 amide bonds. The molecule has 1 aliphatic heterocycles. The first-order valence-electron chi connectivity index (χ1n) is 8.88. The molecule has 23 heavy (non-hydrogen) atoms. The quantitative estimate of drug-likeness (QED) is 0.685. The van der Waals surface area contributed by atoms with Crippen LogP contribution in [0.5, 0.6) is 5.88 Å². The molecular formula is C18H28N4O. The first-order chi connectivity index (χ1) is 11.2. The van der Waals surface area contributed by atoms with Crippen molar-refractivity contribution in [2.45, 2.75) is 58.1 Å². The average molecular weight is 316 g/mol. The second-order valence-corrected chi connectivity index (χ2v) is 6.86. The van der Waals surface area contributed by atoms with Gasteiger partial charge in [-0.25, -0.2) is 9.98 Å². The van der Waals surface area contributed by atoms with E-state index in [0.29, 0.717) is 24.5 Å². The third kappa shape index (κ3) is 4.36. The third-order valence-corrected chi connectivity index (χ3v) is 4.82. The number of hydrogen-bond donors (Lipinski definition) is 1. The van der Waals surface area contributed by atoms with E-state index in [-0.39, 0.29) is 0 Å². The maximum atomic E-state index is 6.19. The summed E-state index contributed by atoms with van der Waals surface area (Å²) in [6.45, 7) is 4.83. The van der Waals surface area contributed by atoms with Gasteiger partial charge in [-0.2, -0.15) is 0 Å². The number of guanidine groups is 1. The summed E-state index contributed by atoms with van der Waals surface area (Å²) in [5, 5.41) is 0. The Morgan fingerprint density at radius 3 is 2.96 bits per heavy atom. The van der Waals surface area contributed by atoms with Crippen LogP contribution >= 0.6 is 0 Å². The van der Waals surface area contributed by atoms with Crippen LogP contribution in [-0.2, 0) is 6.54 Å². The summed E-state index contributed by atoms with van der Waals surface area (Å²) < 4.78 is 6.07. The van der Waals surface area contributed by atoms with E-state index in [4.69, 9.17) is 10.5 Å². The lowest BCUT2D eigenvalue weighted by atomic mass is 10.0. The predicted octanol–water partition coefficient (Wildman–Crippen LogP) is 2.95. The van der Waals surface area contributed by atoms with Crippen LogP contribution in [0.25, 0.3) is 0 Å². The molecule has 126 valence electrons. The maximum Gasteiger partial charge on any atom is 0.218 e. The van der Waals surface area contributed by atoms with Crippen molar-refractivity contribution in [3.63, 3.8) is 0 Å². The normalized spacial score (nSPS) is 23.3. The highest BCUT2D eigenvalue weighted by Crippen LogP contribution is 2.25. The highest BCUT2D eigenvalue weighted by Gasteiger charge is 2.19. The Kier molecular flexibility index (Phi) is 5.36. The van der Waals surface area contributed by atoms with Crippen LogP contribution in [-0.4, -0.2) is 35.0 Å². The molecule has 1 saturated carbocycles. The largest absolute Gasteiger partial charge is 0.474 e. The van der Waals surface area contributed by atoms with E-state index in [1.165, 1.54) is 25.7 Å². The molecule has 0 bridgehead atoms. The molecule has 2 fully saturated rings. The summed E-state index contributed by atoms with van der Waals surface area (Å²) in [7, 11) is 0. The van der Waals surface area contributed by atoms with Crippen LogP contribution in [0.4, 0.5) is 0 Å². The predicted molar refractivity (Wildman–Crippen MR) is 92.4 cm³/mol. The molecule has 1 unspecified atom stereocenters. The minimum atomic E-state index is 0.313. The molecule has 2 heterocycles. The Morgan fingerprint density at radius 1 is 1.35 bits per heavy atom. The Morgan fingerprint density at radius 2 is 2.17 bits per heavy atom. The molecule has 5 nitrogen and oxygen atoms in total. The highest BCUT2D eigenvalue weighted by molar-refractivity contribution is 5.78. The lowest BCUT2D eigenvalue weighted by Crippen LogP contribution is -2.43. The number of ether oxygens (including phenoxy) is 1. The number of aliphatic imine (C=N–C) groups is 1. The highest BCUT2D eigenvalue weighted by atomic mass is 16.5. The minimum Gasteiger partial charge on any atom is -0.474 e. The van der Waals surface area contributed by atoms with Gasteiger partial charge in [0.1, 0.15) is 6.10 Å². The van der Waals surface area contributed by atoms with E-state index < -0.39 is 0 Å². The van der Waals surface area contributed by atoms with E-state index in [2.05, 4.69) is 21.8 Å². The zero-order valence-corrected chi connectivity index (χ0v) is 14.1. The molecular weight excluding hydrogens is 288 g/mol. The molecule has 2 N–H and O–H groups in total. The monoisotopic (exact) mass is 316 g/mol. The lowest BCUT2D eigenvalue weighted by Gasteiger charge is -2.31. The molecule has 0 spiro atoms. The number of hydrogen-bond acceptors (Lipinski definition) is 3. The van der Waals surface area contributed by atoms with E-state index in [1.807, 2.05) is 12.1 Å². The fourth-order valence-corrected chi connectivity index (χ4v) is 3.48. The van der Waals surface area contributed by atoms with Gasteiger partial charge in [0, 0.05) is 24.8 Å². The third-order valence-electron chi connectivity index (χ3n) is 4.82. The van der Waals surface area contributed by atoms with Crippen molar-refractivity contribution in [3.05, 3.63) is 23.9 Å². The lowest BCUT2D eigenvalue weighted by molar-refractivity contribution is 0.199. The van der Waals surface area contributed by atoms with Gasteiger partial charge in [0.2, 0.25) is 5.88 Å². The van der Waals surface area contributed by atoms with Gasteiger partial charge in [0.25, 0.3) is 0 Å². The summed E-state index contributed by atoms with van der Waals surface area (Å²) in [5.41, 5.74) is 7.21. The van der Waals surface area contributed by atoms with E-state index in [1.54, 1.807) is 6.20 Å². The number of aromatic nitrogens is 1. The molecule has 5 heteroatoms. The van der Waals surface area contributed by atoms with Crippen LogP contribution < -0.4 is 10.5 Å². The smallest absolute Gasteiger partial charge is 0.218 e. The van der Waals surface area contributed by atoms with E-state index >= 15 is 0 Å². The Balaban J connectivity index is 1.63. The molecule has 1 aromatic heterocycles. The second kappa shape index (κ2) is 7.66. The molecule has 2 aliphatic rings. The van der Waals surface area contributed by atoms with Gasteiger partial charge in [-0.15, -0.1) is 0 Å². The summed E-state index contributed by atoms with van der Waals surface area (Å²) >= 11 is 0. The van der Waals surface area contributed by atoms with Crippen LogP contribution in [0.1, 0.15) is 51.0 Å². The summed E-state index contributed by atoms with van der Waals surface area (Å²) in [6.07, 6.45) is 9.35. The minimum absolute atomic E-state index is 0.313. The zero-order chi connectivity index (χ0) is 16.1. The molecule has 0 radical (unpaired) electrons. The topological polar surface area (TPSA) is 63.7 Å². The van der Waals surface area contributed by atoms with Crippen molar-refractivity contribution in [1.82, 2.24) is 9.88 Å². The number of piperidine rings is 1. The summed E-state index contributed by atoms with van der Waals surface area (Å²) in [6, 6.07) is 3.97. The van der Waals surface area contributed by atoms with Gasteiger partial charge < -0.3 is 15.4 Å². The molecule has 1 aliphatic carbocycles. The summed E-state index contributed by atoms with van der Waals surface area (Å²) in [4.78, 5) is 11.2. The SMILES string of the molecule is CC1CCCN(C(N)=NCc2cccnc2OC2CCCC2)C1. The van der Waals surface area contributed by atoms with Crippen LogP contribution in [0, 0.1) is 5.92 Å². The first-order valence-corrected chi connectivity index (χ1v) is 8.88. The number of nitrogens with zero attached hydrogens (tertiary/aromatic N) is 3. The van der Waals surface area contributed by atoms with Crippen molar-refractivity contribution in [1.29, 1.82) is 0 Å². The molecule has 1 saturated heterocycles. The van der Waals surface area contributed by atoms with Crippen molar-refractivity contribution < 1.29 is 4.74 Å². The van der Waals surface area contributed by atoms with Crippen LogP contribution in [0.15, 0.2) is 23.3 Å². The molecule has 1 aromatic rings. The average Bonchev–Trinajstić information content (AvgIpc) is 3.07. The van der Waals surface area contributed by atoms with Gasteiger partial charge >= 0.3 is 0 Å². The number of nitrogens with two attached hydrogens (primary N) is 1. The van der Waals surface area contributed by atoms with Crippen LogP contribution in [0.3, 0.4) is 0 Å². The number of likely N-dealkylation sites (tertiary alicyclic amines) is 1. The Hall–Kier alpha value is -1.78. The summed E-state index contributed by atoms with van der Waals surface area (Å²) in [5.74, 6) is 2.06. The fraction of sp³-hybridized carbons (Fsp3) is 0.667.